The van der Waals surface area contributed by atoms with Gasteiger partial charge in [0.2, 0.25) is 5.91 Å². The number of rotatable bonds is 7. The van der Waals surface area contributed by atoms with E-state index in [1.807, 2.05) is 0 Å². The summed E-state index contributed by atoms with van der Waals surface area (Å²) in [4.78, 5) is 22.3. The maximum atomic E-state index is 13.9. The van der Waals surface area contributed by atoms with Crippen molar-refractivity contribution in [3.63, 3.8) is 0 Å². The van der Waals surface area contributed by atoms with Gasteiger partial charge in [0.15, 0.2) is 0 Å². The fourth-order valence-electron chi connectivity index (χ4n) is 2.60. The first-order valence-electron chi connectivity index (χ1n) is 8.27. The number of carbonyl (C=O) groups is 1. The molecule has 0 aliphatic rings. The highest BCUT2D eigenvalue weighted by molar-refractivity contribution is 6.31. The maximum absolute atomic E-state index is 13.9. The highest BCUT2D eigenvalue weighted by atomic mass is 35.5. The third kappa shape index (κ3) is 4.52. The minimum absolute atomic E-state index is 0.0734. The third-order valence-electron chi connectivity index (χ3n) is 4.00. The normalized spacial score (nSPS) is 10.8. The van der Waals surface area contributed by atoms with Gasteiger partial charge in [0, 0.05) is 23.2 Å². The van der Waals surface area contributed by atoms with E-state index in [-0.39, 0.29) is 31.2 Å². The zero-order chi connectivity index (χ0) is 20.3. The van der Waals surface area contributed by atoms with E-state index in [0.717, 1.165) is 0 Å². The van der Waals surface area contributed by atoms with Crippen molar-refractivity contribution in [2.24, 2.45) is 0 Å². The number of aromatic nitrogens is 4. The lowest BCUT2D eigenvalue weighted by molar-refractivity contribution is -0.389. The maximum Gasteiger partial charge on any atom is 0.390 e. The first-order valence-corrected chi connectivity index (χ1v) is 8.65. The standard InChI is InChI=1S/C17H16ClFN6O3/c1-11-7-16(25(27)28)22-24(11)6-5-17(26)21-12-8-20-23(9-12)10-13-14(18)3-2-4-15(13)19/h2-4,7-9H,5-6,10H2,1H3,(H,21,26). The molecule has 146 valence electrons. The topological polar surface area (TPSA) is 108 Å². The van der Waals surface area contributed by atoms with Crippen LogP contribution in [0.5, 0.6) is 0 Å². The highest BCUT2D eigenvalue weighted by Gasteiger charge is 2.16. The lowest BCUT2D eigenvalue weighted by Crippen LogP contribution is -2.15. The van der Waals surface area contributed by atoms with Crippen LogP contribution in [0.1, 0.15) is 17.7 Å². The van der Waals surface area contributed by atoms with Crippen LogP contribution < -0.4 is 5.32 Å². The van der Waals surface area contributed by atoms with Crippen molar-refractivity contribution in [1.82, 2.24) is 19.6 Å². The van der Waals surface area contributed by atoms with Gasteiger partial charge >= 0.3 is 5.82 Å². The summed E-state index contributed by atoms with van der Waals surface area (Å²) in [6.45, 7) is 2.00. The Hall–Kier alpha value is -3.27. The van der Waals surface area contributed by atoms with Crippen LogP contribution in [0.25, 0.3) is 0 Å². The number of halogens is 2. The van der Waals surface area contributed by atoms with Crippen LogP contribution in [0, 0.1) is 22.9 Å². The Morgan fingerprint density at radius 3 is 2.89 bits per heavy atom. The molecule has 0 atom stereocenters. The smallest absolute Gasteiger partial charge is 0.358 e. The summed E-state index contributed by atoms with van der Waals surface area (Å²) in [6, 6.07) is 5.77. The molecule has 0 saturated heterocycles. The second-order valence-electron chi connectivity index (χ2n) is 6.05. The summed E-state index contributed by atoms with van der Waals surface area (Å²) in [5, 5.41) is 21.6. The lowest BCUT2D eigenvalue weighted by Gasteiger charge is -2.06. The Kier molecular flexibility index (Phi) is 5.69. The summed E-state index contributed by atoms with van der Waals surface area (Å²) in [6.07, 6.45) is 3.07. The molecule has 0 unspecified atom stereocenters. The average molecular weight is 407 g/mol. The molecule has 2 heterocycles. The number of aryl methyl sites for hydroxylation is 2. The van der Waals surface area contributed by atoms with E-state index in [4.69, 9.17) is 11.6 Å². The van der Waals surface area contributed by atoms with E-state index in [0.29, 0.717) is 22.0 Å². The van der Waals surface area contributed by atoms with Crippen LogP contribution in [-0.4, -0.2) is 30.4 Å². The predicted molar refractivity (Wildman–Crippen MR) is 99.6 cm³/mol. The van der Waals surface area contributed by atoms with Crippen LogP contribution in [0.3, 0.4) is 0 Å². The number of hydrogen-bond donors (Lipinski definition) is 1. The first kappa shape index (κ1) is 19.5. The van der Waals surface area contributed by atoms with Crippen LogP contribution >= 0.6 is 11.6 Å². The van der Waals surface area contributed by atoms with E-state index >= 15 is 0 Å². The monoisotopic (exact) mass is 406 g/mol. The highest BCUT2D eigenvalue weighted by Crippen LogP contribution is 2.20. The van der Waals surface area contributed by atoms with Gasteiger partial charge in [0.25, 0.3) is 0 Å². The molecule has 0 aliphatic heterocycles. The van der Waals surface area contributed by atoms with E-state index in [1.54, 1.807) is 19.2 Å². The van der Waals surface area contributed by atoms with Crippen molar-refractivity contribution < 1.29 is 14.1 Å². The number of carbonyl (C=O) groups excluding carboxylic acids is 1. The number of benzene rings is 1. The molecule has 0 spiro atoms. The van der Waals surface area contributed by atoms with Crippen molar-refractivity contribution in [3.05, 3.63) is 68.9 Å². The number of hydrogen-bond acceptors (Lipinski definition) is 5. The fourth-order valence-corrected chi connectivity index (χ4v) is 2.82. The molecule has 0 fully saturated rings. The SMILES string of the molecule is Cc1cc([N+](=O)[O-])nn1CCC(=O)Nc1cnn(Cc2c(F)cccc2Cl)c1. The number of amides is 1. The molecule has 1 amide bonds. The van der Waals surface area contributed by atoms with Crippen LogP contribution in [0.4, 0.5) is 15.9 Å². The van der Waals surface area contributed by atoms with Gasteiger partial charge in [0.1, 0.15) is 5.82 Å². The second-order valence-corrected chi connectivity index (χ2v) is 6.46. The van der Waals surface area contributed by atoms with Crippen LogP contribution in [0.2, 0.25) is 5.02 Å². The zero-order valence-corrected chi connectivity index (χ0v) is 15.6. The summed E-state index contributed by atoms with van der Waals surface area (Å²) in [5.74, 6) is -0.996. The number of nitro groups is 1. The minimum atomic E-state index is -0.584. The molecule has 3 aromatic rings. The molecule has 1 N–H and O–H groups in total. The molecular formula is C17H16ClFN6O3. The number of nitrogens with one attached hydrogen (secondary N) is 1. The van der Waals surface area contributed by atoms with Gasteiger partial charge in [-0.25, -0.2) is 4.39 Å². The molecule has 0 saturated carbocycles. The second kappa shape index (κ2) is 8.17. The largest absolute Gasteiger partial charge is 0.390 e. The zero-order valence-electron chi connectivity index (χ0n) is 14.8. The van der Waals surface area contributed by atoms with Crippen LogP contribution in [-0.2, 0) is 17.9 Å². The van der Waals surface area contributed by atoms with Crippen molar-refractivity contribution >= 4 is 29.0 Å². The number of nitrogens with zero attached hydrogens (tertiary/aromatic N) is 5. The summed E-state index contributed by atoms with van der Waals surface area (Å²) in [5.41, 5.74) is 1.34. The summed E-state index contributed by atoms with van der Waals surface area (Å²) in [7, 11) is 0. The van der Waals surface area contributed by atoms with Gasteiger partial charge in [-0.05, 0) is 24.0 Å². The van der Waals surface area contributed by atoms with E-state index in [2.05, 4.69) is 15.5 Å². The van der Waals surface area contributed by atoms with E-state index < -0.39 is 10.7 Å². The van der Waals surface area contributed by atoms with Gasteiger partial charge in [-0.1, -0.05) is 17.7 Å². The van der Waals surface area contributed by atoms with Gasteiger partial charge in [-0.2, -0.15) is 9.78 Å². The fraction of sp³-hybridized carbons (Fsp3) is 0.235. The minimum Gasteiger partial charge on any atom is -0.358 e. The van der Waals surface area contributed by atoms with Gasteiger partial charge in [0.05, 0.1) is 41.8 Å². The third-order valence-corrected chi connectivity index (χ3v) is 4.36. The van der Waals surface area contributed by atoms with Crippen molar-refractivity contribution in [3.8, 4) is 0 Å². The average Bonchev–Trinajstić information content (AvgIpc) is 3.23. The van der Waals surface area contributed by atoms with Gasteiger partial charge in [-0.3, -0.25) is 9.48 Å². The van der Waals surface area contributed by atoms with Gasteiger partial charge in [-0.15, -0.1) is 0 Å². The summed E-state index contributed by atoms with van der Waals surface area (Å²) >= 11 is 6.00. The van der Waals surface area contributed by atoms with Gasteiger partial charge < -0.3 is 15.4 Å². The van der Waals surface area contributed by atoms with E-state index in [1.165, 1.54) is 33.8 Å². The van der Waals surface area contributed by atoms with Crippen molar-refractivity contribution in [2.75, 3.05) is 5.32 Å². The lowest BCUT2D eigenvalue weighted by atomic mass is 10.2. The van der Waals surface area contributed by atoms with Crippen LogP contribution in [0.15, 0.2) is 36.7 Å². The predicted octanol–water partition coefficient (Wildman–Crippen LogP) is 3.17. The molecule has 0 radical (unpaired) electrons. The number of anilines is 1. The van der Waals surface area contributed by atoms with Crippen molar-refractivity contribution in [1.29, 1.82) is 0 Å². The Morgan fingerprint density at radius 2 is 2.21 bits per heavy atom. The quantitative estimate of drug-likeness (QED) is 0.479. The van der Waals surface area contributed by atoms with E-state index in [9.17, 15) is 19.3 Å². The summed E-state index contributed by atoms with van der Waals surface area (Å²) < 4.78 is 16.7. The molecule has 28 heavy (non-hydrogen) atoms. The Morgan fingerprint density at radius 1 is 1.43 bits per heavy atom. The molecule has 0 aliphatic carbocycles. The molecule has 9 nitrogen and oxygen atoms in total. The Balaban J connectivity index is 1.57. The molecule has 2 aromatic heterocycles. The first-order chi connectivity index (χ1) is 13.3. The Labute approximate surface area is 163 Å². The molecule has 0 bridgehead atoms. The molecule has 11 heteroatoms. The van der Waals surface area contributed by atoms with Crippen molar-refractivity contribution in [2.45, 2.75) is 26.4 Å². The molecule has 3 rings (SSSR count). The molecular weight excluding hydrogens is 391 g/mol. The Bertz CT molecular complexity index is 1010. The molecule has 1 aromatic carbocycles.